The molecular formula is C9H4Cl2O2S. The number of thiophene rings is 1. The second kappa shape index (κ2) is 3.42. The summed E-state index contributed by atoms with van der Waals surface area (Å²) in [5.74, 6) is -1.01. The van der Waals surface area contributed by atoms with Gasteiger partial charge in [-0.05, 0) is 12.1 Å². The molecule has 0 saturated carbocycles. The fourth-order valence-electron chi connectivity index (χ4n) is 1.24. The van der Waals surface area contributed by atoms with Crippen molar-refractivity contribution in [3.05, 3.63) is 33.1 Å². The molecule has 0 radical (unpaired) electrons. The molecule has 0 saturated heterocycles. The van der Waals surface area contributed by atoms with Crippen molar-refractivity contribution in [2.45, 2.75) is 0 Å². The third-order valence-electron chi connectivity index (χ3n) is 1.82. The van der Waals surface area contributed by atoms with E-state index in [9.17, 15) is 4.79 Å². The number of benzene rings is 1. The lowest BCUT2D eigenvalue weighted by molar-refractivity contribution is 0.0699. The van der Waals surface area contributed by atoms with Crippen LogP contribution in [0.3, 0.4) is 0 Å². The standard InChI is InChI=1S/C9H4Cl2O2S/c10-4-1-2-5-6(3-4)14-8(11)7(5)9(12)13/h1-3H,(H,12,13). The Balaban J connectivity index is 2.84. The van der Waals surface area contributed by atoms with Crippen LogP contribution in [-0.2, 0) is 0 Å². The molecule has 0 unspecified atom stereocenters. The van der Waals surface area contributed by atoms with Crippen LogP contribution in [0.5, 0.6) is 0 Å². The monoisotopic (exact) mass is 246 g/mol. The van der Waals surface area contributed by atoms with Gasteiger partial charge in [0.05, 0.1) is 5.56 Å². The minimum Gasteiger partial charge on any atom is -0.478 e. The highest BCUT2D eigenvalue weighted by Gasteiger charge is 2.16. The van der Waals surface area contributed by atoms with E-state index in [1.807, 2.05) is 0 Å². The molecule has 0 amide bonds. The van der Waals surface area contributed by atoms with Crippen molar-refractivity contribution in [1.29, 1.82) is 0 Å². The molecule has 0 aliphatic carbocycles. The van der Waals surface area contributed by atoms with Crippen molar-refractivity contribution in [1.82, 2.24) is 0 Å². The second-order valence-corrected chi connectivity index (χ2v) is 4.79. The lowest BCUT2D eigenvalue weighted by Gasteiger charge is -1.93. The van der Waals surface area contributed by atoms with Crippen LogP contribution in [-0.4, -0.2) is 11.1 Å². The van der Waals surface area contributed by atoms with Gasteiger partial charge in [-0.1, -0.05) is 29.3 Å². The number of fused-ring (bicyclic) bond motifs is 1. The van der Waals surface area contributed by atoms with Gasteiger partial charge in [0.2, 0.25) is 0 Å². The molecule has 5 heteroatoms. The van der Waals surface area contributed by atoms with E-state index in [4.69, 9.17) is 28.3 Å². The van der Waals surface area contributed by atoms with E-state index in [1.54, 1.807) is 18.2 Å². The maximum absolute atomic E-state index is 10.9. The first-order chi connectivity index (χ1) is 6.59. The lowest BCUT2D eigenvalue weighted by Crippen LogP contribution is -1.94. The maximum Gasteiger partial charge on any atom is 0.338 e. The van der Waals surface area contributed by atoms with Crippen molar-refractivity contribution in [2.24, 2.45) is 0 Å². The molecule has 0 aliphatic heterocycles. The largest absolute Gasteiger partial charge is 0.478 e. The first-order valence-electron chi connectivity index (χ1n) is 3.70. The van der Waals surface area contributed by atoms with E-state index in [1.165, 1.54) is 11.3 Å². The van der Waals surface area contributed by atoms with Crippen LogP contribution in [0, 0.1) is 0 Å². The topological polar surface area (TPSA) is 37.3 Å². The Morgan fingerprint density at radius 3 is 2.71 bits per heavy atom. The average molecular weight is 247 g/mol. The lowest BCUT2D eigenvalue weighted by atomic mass is 10.2. The molecule has 2 nitrogen and oxygen atoms in total. The summed E-state index contributed by atoms with van der Waals surface area (Å²) in [6.07, 6.45) is 0. The summed E-state index contributed by atoms with van der Waals surface area (Å²) in [4.78, 5) is 10.9. The summed E-state index contributed by atoms with van der Waals surface area (Å²) in [5.41, 5.74) is 0.156. The van der Waals surface area contributed by atoms with E-state index in [0.717, 1.165) is 4.70 Å². The summed E-state index contributed by atoms with van der Waals surface area (Å²) >= 11 is 12.8. The van der Waals surface area contributed by atoms with Crippen LogP contribution >= 0.6 is 34.5 Å². The van der Waals surface area contributed by atoms with Gasteiger partial charge < -0.3 is 5.11 Å². The van der Waals surface area contributed by atoms with Gasteiger partial charge >= 0.3 is 5.97 Å². The highest BCUT2D eigenvalue weighted by molar-refractivity contribution is 7.23. The van der Waals surface area contributed by atoms with Gasteiger partial charge in [-0.2, -0.15) is 0 Å². The smallest absolute Gasteiger partial charge is 0.338 e. The van der Waals surface area contributed by atoms with Crippen LogP contribution in [0.15, 0.2) is 18.2 Å². The zero-order chi connectivity index (χ0) is 10.3. The number of hydrogen-bond acceptors (Lipinski definition) is 2. The Labute approximate surface area is 93.7 Å². The van der Waals surface area contributed by atoms with Gasteiger partial charge in [0.25, 0.3) is 0 Å². The first kappa shape index (κ1) is 9.77. The van der Waals surface area contributed by atoms with Crippen molar-refractivity contribution in [3.63, 3.8) is 0 Å². The average Bonchev–Trinajstić information content (AvgIpc) is 2.39. The minimum absolute atomic E-state index is 0.156. The molecule has 1 N–H and O–H groups in total. The molecule has 72 valence electrons. The fraction of sp³-hybridized carbons (Fsp3) is 0. The van der Waals surface area contributed by atoms with Crippen LogP contribution in [0.1, 0.15) is 10.4 Å². The molecule has 0 atom stereocenters. The summed E-state index contributed by atoms with van der Waals surface area (Å²) in [7, 11) is 0. The van der Waals surface area contributed by atoms with Gasteiger partial charge in [-0.15, -0.1) is 11.3 Å². The number of carbonyl (C=O) groups is 1. The van der Waals surface area contributed by atoms with Crippen molar-refractivity contribution < 1.29 is 9.90 Å². The van der Waals surface area contributed by atoms with Crippen molar-refractivity contribution in [3.8, 4) is 0 Å². The molecular weight excluding hydrogens is 243 g/mol. The highest BCUT2D eigenvalue weighted by Crippen LogP contribution is 2.36. The van der Waals surface area contributed by atoms with Crippen molar-refractivity contribution in [2.75, 3.05) is 0 Å². The number of rotatable bonds is 1. The molecule has 0 fully saturated rings. The number of aromatic carboxylic acids is 1. The summed E-state index contributed by atoms with van der Waals surface area (Å²) in [5, 5.41) is 10.1. The van der Waals surface area contributed by atoms with Gasteiger partial charge in [-0.25, -0.2) is 4.79 Å². The molecule has 2 rings (SSSR count). The Bertz CT molecular complexity index is 519. The quantitative estimate of drug-likeness (QED) is 0.829. The number of carboxylic acids is 1. The van der Waals surface area contributed by atoms with Crippen LogP contribution in [0.2, 0.25) is 9.36 Å². The Morgan fingerprint density at radius 2 is 2.07 bits per heavy atom. The van der Waals surface area contributed by atoms with Gasteiger partial charge in [0, 0.05) is 15.1 Å². The molecule has 1 aromatic heterocycles. The zero-order valence-corrected chi connectivity index (χ0v) is 9.08. The predicted octanol–water partition coefficient (Wildman–Crippen LogP) is 3.91. The normalized spacial score (nSPS) is 10.7. The summed E-state index contributed by atoms with van der Waals surface area (Å²) in [6, 6.07) is 5.03. The van der Waals surface area contributed by atoms with Gasteiger partial charge in [0.1, 0.15) is 4.34 Å². The van der Waals surface area contributed by atoms with E-state index in [2.05, 4.69) is 0 Å². The van der Waals surface area contributed by atoms with Gasteiger partial charge in [0.15, 0.2) is 0 Å². The van der Waals surface area contributed by atoms with E-state index >= 15 is 0 Å². The fourth-order valence-corrected chi connectivity index (χ4v) is 2.87. The number of hydrogen-bond donors (Lipinski definition) is 1. The number of carboxylic acid groups (broad SMARTS) is 1. The number of halogens is 2. The highest BCUT2D eigenvalue weighted by atomic mass is 35.5. The Kier molecular flexibility index (Phi) is 2.39. The second-order valence-electron chi connectivity index (χ2n) is 2.70. The maximum atomic E-state index is 10.9. The molecule has 1 heterocycles. The van der Waals surface area contributed by atoms with Crippen LogP contribution < -0.4 is 0 Å². The Hall–Kier alpha value is -0.770. The van der Waals surface area contributed by atoms with E-state index in [-0.39, 0.29) is 9.90 Å². The SMILES string of the molecule is O=C(O)c1c(Cl)sc2cc(Cl)ccc12. The van der Waals surface area contributed by atoms with E-state index in [0.29, 0.717) is 10.4 Å². The zero-order valence-electron chi connectivity index (χ0n) is 6.75. The molecule has 0 spiro atoms. The van der Waals surface area contributed by atoms with Gasteiger partial charge in [-0.3, -0.25) is 0 Å². The molecule has 0 aliphatic rings. The summed E-state index contributed by atoms with van der Waals surface area (Å²) < 4.78 is 1.08. The summed E-state index contributed by atoms with van der Waals surface area (Å²) in [6.45, 7) is 0. The van der Waals surface area contributed by atoms with Crippen LogP contribution in [0.4, 0.5) is 0 Å². The first-order valence-corrected chi connectivity index (χ1v) is 5.27. The molecule has 14 heavy (non-hydrogen) atoms. The third kappa shape index (κ3) is 1.47. The third-order valence-corrected chi connectivity index (χ3v) is 3.42. The minimum atomic E-state index is -1.01. The predicted molar refractivity (Wildman–Crippen MR) is 58.8 cm³/mol. The molecule has 1 aromatic carbocycles. The molecule has 2 aromatic rings. The van der Waals surface area contributed by atoms with Crippen LogP contribution in [0.25, 0.3) is 10.1 Å². The Morgan fingerprint density at radius 1 is 1.36 bits per heavy atom. The van der Waals surface area contributed by atoms with Crippen molar-refractivity contribution >= 4 is 50.6 Å². The van der Waals surface area contributed by atoms with E-state index < -0.39 is 5.97 Å². The molecule has 0 bridgehead atoms.